The van der Waals surface area contributed by atoms with E-state index in [2.05, 4.69) is 24.1 Å². The highest BCUT2D eigenvalue weighted by molar-refractivity contribution is 7.12. The molecule has 0 atom stereocenters. The first-order valence-electron chi connectivity index (χ1n) is 8.42. The van der Waals surface area contributed by atoms with Crippen molar-refractivity contribution in [1.82, 2.24) is 15.2 Å². The van der Waals surface area contributed by atoms with Crippen LogP contribution in [0.3, 0.4) is 0 Å². The Kier molecular flexibility index (Phi) is 6.75. The molecule has 0 aromatic carbocycles. The van der Waals surface area contributed by atoms with E-state index in [0.29, 0.717) is 35.7 Å². The number of oxazole rings is 1. The van der Waals surface area contributed by atoms with Gasteiger partial charge in [-0.15, -0.1) is 11.3 Å². The molecule has 25 heavy (non-hydrogen) atoms. The number of carbonyl (C=O) groups excluding carboxylic acids is 2. The zero-order valence-corrected chi connectivity index (χ0v) is 15.9. The molecule has 7 heteroatoms. The standard InChI is InChI=1S/C18H25N3O3S/c1-12(2)8-19-17(22)14-11-24-16(20-14)10-21(9-13(3)4)18(23)15-6-5-7-25-15/h5-7,11-13H,8-10H2,1-4H3,(H,19,22). The lowest BCUT2D eigenvalue weighted by atomic mass is 10.2. The van der Waals surface area contributed by atoms with Crippen molar-refractivity contribution in [2.75, 3.05) is 13.1 Å². The largest absolute Gasteiger partial charge is 0.446 e. The molecule has 2 heterocycles. The lowest BCUT2D eigenvalue weighted by Gasteiger charge is -2.22. The number of hydrogen-bond donors (Lipinski definition) is 1. The van der Waals surface area contributed by atoms with Gasteiger partial charge in [-0.3, -0.25) is 9.59 Å². The zero-order chi connectivity index (χ0) is 18.4. The van der Waals surface area contributed by atoms with Gasteiger partial charge in [0, 0.05) is 13.1 Å². The second kappa shape index (κ2) is 8.80. The maximum atomic E-state index is 12.7. The minimum Gasteiger partial charge on any atom is -0.446 e. The summed E-state index contributed by atoms with van der Waals surface area (Å²) < 4.78 is 5.41. The van der Waals surface area contributed by atoms with E-state index in [1.54, 1.807) is 11.0 Å². The van der Waals surface area contributed by atoms with Crippen LogP contribution in [-0.4, -0.2) is 34.8 Å². The van der Waals surface area contributed by atoms with Gasteiger partial charge >= 0.3 is 0 Å². The maximum Gasteiger partial charge on any atom is 0.273 e. The summed E-state index contributed by atoms with van der Waals surface area (Å²) in [7, 11) is 0. The third-order valence-corrected chi connectivity index (χ3v) is 4.24. The lowest BCUT2D eigenvalue weighted by molar-refractivity contribution is 0.0711. The molecule has 0 unspecified atom stereocenters. The van der Waals surface area contributed by atoms with Gasteiger partial charge in [0.2, 0.25) is 5.89 Å². The zero-order valence-electron chi connectivity index (χ0n) is 15.1. The number of rotatable bonds is 8. The topological polar surface area (TPSA) is 75.4 Å². The number of aromatic nitrogens is 1. The average Bonchev–Trinajstić information content (AvgIpc) is 3.22. The van der Waals surface area contributed by atoms with Crippen LogP contribution in [0.4, 0.5) is 0 Å². The number of thiophene rings is 1. The van der Waals surface area contributed by atoms with E-state index < -0.39 is 0 Å². The first-order chi connectivity index (χ1) is 11.9. The van der Waals surface area contributed by atoms with Crippen molar-refractivity contribution >= 4 is 23.2 Å². The molecule has 2 aromatic rings. The van der Waals surface area contributed by atoms with Crippen LogP contribution in [0.15, 0.2) is 28.2 Å². The van der Waals surface area contributed by atoms with Crippen molar-refractivity contribution in [3.05, 3.63) is 40.2 Å². The van der Waals surface area contributed by atoms with Crippen molar-refractivity contribution in [3.8, 4) is 0 Å². The predicted molar refractivity (Wildman–Crippen MR) is 97.6 cm³/mol. The summed E-state index contributed by atoms with van der Waals surface area (Å²) in [4.78, 5) is 31.3. The lowest BCUT2D eigenvalue weighted by Crippen LogP contribution is -2.33. The number of nitrogens with one attached hydrogen (secondary N) is 1. The molecular formula is C18H25N3O3S. The van der Waals surface area contributed by atoms with Gasteiger partial charge in [-0.1, -0.05) is 33.8 Å². The summed E-state index contributed by atoms with van der Waals surface area (Å²) in [5, 5.41) is 4.68. The number of carbonyl (C=O) groups is 2. The second-order valence-electron chi connectivity index (χ2n) is 6.79. The molecule has 6 nitrogen and oxygen atoms in total. The Bertz CT molecular complexity index is 692. The highest BCUT2D eigenvalue weighted by Crippen LogP contribution is 2.16. The van der Waals surface area contributed by atoms with Gasteiger partial charge in [0.15, 0.2) is 5.69 Å². The van der Waals surface area contributed by atoms with Gasteiger partial charge in [-0.25, -0.2) is 4.98 Å². The van der Waals surface area contributed by atoms with Gasteiger partial charge < -0.3 is 14.6 Å². The molecule has 0 spiro atoms. The Morgan fingerprint density at radius 2 is 2.04 bits per heavy atom. The molecule has 0 bridgehead atoms. The Hall–Kier alpha value is -2.15. The van der Waals surface area contributed by atoms with E-state index in [1.165, 1.54) is 17.6 Å². The average molecular weight is 363 g/mol. The summed E-state index contributed by atoms with van der Waals surface area (Å²) in [5.74, 6) is 0.726. The summed E-state index contributed by atoms with van der Waals surface area (Å²) in [6.45, 7) is 9.56. The minimum atomic E-state index is -0.260. The fourth-order valence-electron chi connectivity index (χ4n) is 2.25. The van der Waals surface area contributed by atoms with Crippen LogP contribution < -0.4 is 5.32 Å². The highest BCUT2D eigenvalue weighted by atomic mass is 32.1. The molecule has 0 radical (unpaired) electrons. The molecule has 0 saturated carbocycles. The SMILES string of the molecule is CC(C)CNC(=O)c1coc(CN(CC(C)C)C(=O)c2cccs2)n1. The Labute approximate surface area is 152 Å². The molecule has 0 fully saturated rings. The van der Waals surface area contributed by atoms with Gasteiger partial charge in [0.05, 0.1) is 11.4 Å². The quantitative estimate of drug-likeness (QED) is 0.780. The number of hydrogen-bond acceptors (Lipinski definition) is 5. The summed E-state index contributed by atoms with van der Waals surface area (Å²) in [6, 6.07) is 3.66. The van der Waals surface area contributed by atoms with Crippen LogP contribution in [-0.2, 0) is 6.54 Å². The monoisotopic (exact) mass is 363 g/mol. The van der Waals surface area contributed by atoms with E-state index in [9.17, 15) is 9.59 Å². The van der Waals surface area contributed by atoms with Crippen LogP contribution in [0, 0.1) is 11.8 Å². The van der Waals surface area contributed by atoms with Crippen LogP contribution in [0.1, 0.15) is 53.7 Å². The minimum absolute atomic E-state index is 0.0484. The molecule has 0 aliphatic rings. The normalized spacial score (nSPS) is 11.1. The summed E-state index contributed by atoms with van der Waals surface area (Å²) in [6.07, 6.45) is 1.34. The van der Waals surface area contributed by atoms with Crippen molar-refractivity contribution in [2.24, 2.45) is 11.8 Å². The fourth-order valence-corrected chi connectivity index (χ4v) is 2.95. The van der Waals surface area contributed by atoms with E-state index >= 15 is 0 Å². The molecule has 2 aromatic heterocycles. The van der Waals surface area contributed by atoms with Crippen molar-refractivity contribution in [3.63, 3.8) is 0 Å². The van der Waals surface area contributed by atoms with Crippen molar-refractivity contribution < 1.29 is 14.0 Å². The Balaban J connectivity index is 2.06. The highest BCUT2D eigenvalue weighted by Gasteiger charge is 2.21. The fraction of sp³-hybridized carbons (Fsp3) is 0.500. The second-order valence-corrected chi connectivity index (χ2v) is 7.73. The summed E-state index contributed by atoms with van der Waals surface area (Å²) >= 11 is 1.41. The molecule has 0 aliphatic carbocycles. The molecule has 1 N–H and O–H groups in total. The third kappa shape index (κ3) is 5.70. The van der Waals surface area contributed by atoms with Crippen molar-refractivity contribution in [2.45, 2.75) is 34.2 Å². The summed E-state index contributed by atoms with van der Waals surface area (Å²) in [5.41, 5.74) is 0.240. The van der Waals surface area contributed by atoms with E-state index in [-0.39, 0.29) is 24.1 Å². The van der Waals surface area contributed by atoms with Gasteiger partial charge in [-0.05, 0) is 23.3 Å². The molecule has 0 saturated heterocycles. The maximum absolute atomic E-state index is 12.7. The Morgan fingerprint density at radius 1 is 1.28 bits per heavy atom. The van der Waals surface area contributed by atoms with E-state index in [1.807, 2.05) is 25.3 Å². The van der Waals surface area contributed by atoms with E-state index in [0.717, 1.165) is 0 Å². The third-order valence-electron chi connectivity index (χ3n) is 3.39. The van der Waals surface area contributed by atoms with E-state index in [4.69, 9.17) is 4.42 Å². The number of nitrogens with zero attached hydrogens (tertiary/aromatic N) is 2. The molecule has 0 aliphatic heterocycles. The van der Waals surface area contributed by atoms with Gasteiger partial charge in [-0.2, -0.15) is 0 Å². The predicted octanol–water partition coefficient (Wildman–Crippen LogP) is 3.42. The van der Waals surface area contributed by atoms with Crippen LogP contribution in [0.25, 0.3) is 0 Å². The first-order valence-corrected chi connectivity index (χ1v) is 9.30. The first kappa shape index (κ1) is 19.2. The Morgan fingerprint density at radius 3 is 2.64 bits per heavy atom. The smallest absolute Gasteiger partial charge is 0.273 e. The number of amides is 2. The molecular weight excluding hydrogens is 338 g/mol. The molecule has 136 valence electrons. The van der Waals surface area contributed by atoms with Crippen molar-refractivity contribution in [1.29, 1.82) is 0 Å². The molecule has 2 amide bonds. The van der Waals surface area contributed by atoms with Crippen LogP contribution in [0.5, 0.6) is 0 Å². The van der Waals surface area contributed by atoms with Gasteiger partial charge in [0.25, 0.3) is 11.8 Å². The van der Waals surface area contributed by atoms with Crippen LogP contribution >= 0.6 is 11.3 Å². The van der Waals surface area contributed by atoms with Crippen LogP contribution in [0.2, 0.25) is 0 Å². The van der Waals surface area contributed by atoms with Gasteiger partial charge in [0.1, 0.15) is 6.26 Å². The molecule has 2 rings (SSSR count).